The third kappa shape index (κ3) is 4.79. The number of nitriles is 1. The number of hydrogen-bond donors (Lipinski definition) is 3. The maximum absolute atomic E-state index is 12.3. The Hall–Kier alpha value is -3.77. The summed E-state index contributed by atoms with van der Waals surface area (Å²) in [7, 11) is 0. The van der Waals surface area contributed by atoms with E-state index in [9.17, 15) is 14.4 Å². The number of aryl methyl sites for hydroxylation is 1. The van der Waals surface area contributed by atoms with E-state index in [1.165, 1.54) is 11.3 Å². The van der Waals surface area contributed by atoms with Gasteiger partial charge in [0.05, 0.1) is 0 Å². The molecule has 0 aliphatic rings. The van der Waals surface area contributed by atoms with Crippen LogP contribution in [0.25, 0.3) is 0 Å². The summed E-state index contributed by atoms with van der Waals surface area (Å²) in [4.78, 5) is 42.9. The molecule has 152 valence electrons. The van der Waals surface area contributed by atoms with E-state index in [1.54, 1.807) is 49.7 Å². The van der Waals surface area contributed by atoms with Gasteiger partial charge in [0.1, 0.15) is 11.6 Å². The van der Waals surface area contributed by atoms with E-state index in [0.29, 0.717) is 34.1 Å². The van der Waals surface area contributed by atoms with Crippen molar-refractivity contribution in [2.24, 2.45) is 0 Å². The van der Waals surface area contributed by atoms with Gasteiger partial charge in [0.25, 0.3) is 11.5 Å². The minimum absolute atomic E-state index is 0.0719. The molecular formula is C21H19N5O3S. The summed E-state index contributed by atoms with van der Waals surface area (Å²) in [5, 5.41) is 16.9. The van der Waals surface area contributed by atoms with Crippen LogP contribution in [0.15, 0.2) is 40.6 Å². The first-order chi connectivity index (χ1) is 14.4. The molecule has 2 aromatic heterocycles. The number of nitrogens with zero attached hydrogens (tertiary/aromatic N) is 2. The molecule has 3 N–H and O–H groups in total. The number of nitrogens with one attached hydrogen (secondary N) is 3. The van der Waals surface area contributed by atoms with Crippen molar-refractivity contribution in [1.29, 1.82) is 5.26 Å². The highest BCUT2D eigenvalue weighted by atomic mass is 32.1. The molecule has 1 aromatic carbocycles. The zero-order chi connectivity index (χ0) is 21.7. The number of carbonyl (C=O) groups excluding carboxylic acids is 2. The van der Waals surface area contributed by atoms with E-state index < -0.39 is 5.56 Å². The molecule has 0 bridgehead atoms. The Kier molecular flexibility index (Phi) is 6.39. The summed E-state index contributed by atoms with van der Waals surface area (Å²) >= 11 is 1.33. The molecule has 0 spiro atoms. The molecular weight excluding hydrogens is 402 g/mol. The SMILES string of the molecule is Cc1[nH]c(=O)c(C#N)c(C)c1CCC(=O)Nc1ccc(C(=O)Nc2nccs2)cc1. The highest BCUT2D eigenvalue weighted by Gasteiger charge is 2.14. The van der Waals surface area contributed by atoms with Crippen molar-refractivity contribution in [3.8, 4) is 6.07 Å². The number of pyridine rings is 1. The third-order valence-electron chi connectivity index (χ3n) is 4.61. The molecule has 0 saturated carbocycles. The minimum Gasteiger partial charge on any atom is -0.326 e. The van der Waals surface area contributed by atoms with Crippen LogP contribution >= 0.6 is 11.3 Å². The first-order valence-electron chi connectivity index (χ1n) is 9.12. The largest absolute Gasteiger partial charge is 0.326 e. The second-order valence-electron chi connectivity index (χ2n) is 6.59. The predicted molar refractivity (Wildman–Crippen MR) is 115 cm³/mol. The fraction of sp³-hybridized carbons (Fsp3) is 0.190. The maximum Gasteiger partial charge on any atom is 0.266 e. The van der Waals surface area contributed by atoms with Crippen LogP contribution in [-0.4, -0.2) is 21.8 Å². The molecule has 0 fully saturated rings. The van der Waals surface area contributed by atoms with Gasteiger partial charge < -0.3 is 10.3 Å². The normalized spacial score (nSPS) is 10.3. The number of carbonyl (C=O) groups is 2. The van der Waals surface area contributed by atoms with Gasteiger partial charge in [0.15, 0.2) is 5.13 Å². The second kappa shape index (κ2) is 9.15. The summed E-state index contributed by atoms with van der Waals surface area (Å²) in [6.07, 6.45) is 2.18. The van der Waals surface area contributed by atoms with Crippen molar-refractivity contribution in [3.63, 3.8) is 0 Å². The molecule has 3 rings (SSSR count). The number of benzene rings is 1. The zero-order valence-corrected chi connectivity index (χ0v) is 17.2. The van der Waals surface area contributed by atoms with Crippen LogP contribution in [0.4, 0.5) is 10.8 Å². The van der Waals surface area contributed by atoms with Crippen molar-refractivity contribution in [2.75, 3.05) is 10.6 Å². The topological polar surface area (TPSA) is 128 Å². The number of hydrogen-bond acceptors (Lipinski definition) is 6. The van der Waals surface area contributed by atoms with E-state index in [-0.39, 0.29) is 23.8 Å². The van der Waals surface area contributed by atoms with Crippen LogP contribution in [0.2, 0.25) is 0 Å². The molecule has 3 aromatic rings. The first-order valence-corrected chi connectivity index (χ1v) is 10.00. The van der Waals surface area contributed by atoms with Crippen LogP contribution in [0.1, 0.15) is 39.2 Å². The van der Waals surface area contributed by atoms with Crippen LogP contribution < -0.4 is 16.2 Å². The van der Waals surface area contributed by atoms with Gasteiger partial charge in [-0.1, -0.05) is 0 Å². The zero-order valence-electron chi connectivity index (χ0n) is 16.4. The monoisotopic (exact) mass is 421 g/mol. The van der Waals surface area contributed by atoms with E-state index in [2.05, 4.69) is 20.6 Å². The average Bonchev–Trinajstić information content (AvgIpc) is 3.21. The Morgan fingerprint density at radius 1 is 1.20 bits per heavy atom. The Morgan fingerprint density at radius 3 is 2.57 bits per heavy atom. The summed E-state index contributed by atoms with van der Waals surface area (Å²) in [5.74, 6) is -0.487. The number of rotatable bonds is 6. The van der Waals surface area contributed by atoms with Crippen molar-refractivity contribution in [3.05, 3.63) is 74.1 Å². The van der Waals surface area contributed by atoms with Crippen LogP contribution in [0, 0.1) is 25.2 Å². The summed E-state index contributed by atoms with van der Waals surface area (Å²) in [6, 6.07) is 8.45. The molecule has 0 atom stereocenters. The molecule has 0 saturated heterocycles. The molecule has 0 radical (unpaired) electrons. The third-order valence-corrected chi connectivity index (χ3v) is 5.29. The van der Waals surface area contributed by atoms with Crippen molar-refractivity contribution in [2.45, 2.75) is 26.7 Å². The smallest absolute Gasteiger partial charge is 0.266 e. The molecule has 0 aliphatic carbocycles. The van der Waals surface area contributed by atoms with Gasteiger partial charge in [-0.05, 0) is 55.7 Å². The fourth-order valence-corrected chi connectivity index (χ4v) is 3.57. The van der Waals surface area contributed by atoms with E-state index >= 15 is 0 Å². The van der Waals surface area contributed by atoms with Crippen molar-refractivity contribution >= 4 is 34.0 Å². The average molecular weight is 421 g/mol. The number of H-pyrrole nitrogens is 1. The van der Waals surface area contributed by atoms with E-state index in [0.717, 1.165) is 5.56 Å². The Labute approximate surface area is 176 Å². The molecule has 30 heavy (non-hydrogen) atoms. The first kappa shape index (κ1) is 21.0. The van der Waals surface area contributed by atoms with Gasteiger partial charge in [0, 0.05) is 34.9 Å². The van der Waals surface area contributed by atoms with Crippen LogP contribution in [0.5, 0.6) is 0 Å². The van der Waals surface area contributed by atoms with Crippen molar-refractivity contribution < 1.29 is 9.59 Å². The molecule has 8 nitrogen and oxygen atoms in total. The quantitative estimate of drug-likeness (QED) is 0.563. The Balaban J connectivity index is 1.60. The predicted octanol–water partition coefficient (Wildman–Crippen LogP) is 3.14. The number of anilines is 2. The highest BCUT2D eigenvalue weighted by molar-refractivity contribution is 7.13. The molecule has 9 heteroatoms. The molecule has 2 amide bonds. The fourth-order valence-electron chi connectivity index (χ4n) is 3.04. The highest BCUT2D eigenvalue weighted by Crippen LogP contribution is 2.17. The molecule has 2 heterocycles. The lowest BCUT2D eigenvalue weighted by Crippen LogP contribution is -2.18. The van der Waals surface area contributed by atoms with Crippen LogP contribution in [0.3, 0.4) is 0 Å². The van der Waals surface area contributed by atoms with Gasteiger partial charge in [0.2, 0.25) is 5.91 Å². The maximum atomic E-state index is 12.3. The number of aromatic amines is 1. The van der Waals surface area contributed by atoms with Gasteiger partial charge in [-0.15, -0.1) is 11.3 Å². The lowest BCUT2D eigenvalue weighted by atomic mass is 9.99. The Morgan fingerprint density at radius 2 is 1.93 bits per heavy atom. The molecule has 0 aliphatic heterocycles. The number of aromatic nitrogens is 2. The van der Waals surface area contributed by atoms with Gasteiger partial charge >= 0.3 is 0 Å². The lowest BCUT2D eigenvalue weighted by Gasteiger charge is -2.11. The summed E-state index contributed by atoms with van der Waals surface area (Å²) in [6.45, 7) is 3.46. The molecule has 0 unspecified atom stereocenters. The lowest BCUT2D eigenvalue weighted by molar-refractivity contribution is -0.116. The summed E-state index contributed by atoms with van der Waals surface area (Å²) < 4.78 is 0. The van der Waals surface area contributed by atoms with Gasteiger partial charge in [-0.25, -0.2) is 4.98 Å². The Bertz CT molecular complexity index is 1180. The van der Waals surface area contributed by atoms with Gasteiger partial charge in [-0.2, -0.15) is 5.26 Å². The standard InChI is InChI=1S/C21H19N5O3S/c1-12-16(13(2)24-20(29)17(12)11-22)7-8-18(27)25-15-5-3-14(4-6-15)19(28)26-21-23-9-10-30-21/h3-6,9-10H,7-8H2,1-2H3,(H,24,29)(H,25,27)(H,23,26,28). The van der Waals surface area contributed by atoms with Crippen LogP contribution in [-0.2, 0) is 11.2 Å². The summed E-state index contributed by atoms with van der Waals surface area (Å²) in [5.41, 5.74) is 2.71. The number of amides is 2. The van der Waals surface area contributed by atoms with E-state index in [4.69, 9.17) is 5.26 Å². The van der Waals surface area contributed by atoms with Gasteiger partial charge in [-0.3, -0.25) is 19.7 Å². The van der Waals surface area contributed by atoms with E-state index in [1.807, 2.05) is 6.07 Å². The number of thiazole rings is 1. The minimum atomic E-state index is -0.417. The van der Waals surface area contributed by atoms with Crippen molar-refractivity contribution in [1.82, 2.24) is 9.97 Å². The second-order valence-corrected chi connectivity index (χ2v) is 7.48.